The molecule has 0 aliphatic carbocycles. The zero-order chi connectivity index (χ0) is 19.3. The number of para-hydroxylation sites is 2. The first-order chi connectivity index (χ1) is 13.7. The van der Waals surface area contributed by atoms with Crippen molar-refractivity contribution in [2.75, 3.05) is 20.2 Å². The zero-order valence-electron chi connectivity index (χ0n) is 16.3. The van der Waals surface area contributed by atoms with Gasteiger partial charge >= 0.3 is 0 Å². The van der Waals surface area contributed by atoms with E-state index in [-0.39, 0.29) is 0 Å². The highest BCUT2D eigenvalue weighted by molar-refractivity contribution is 5.42. The molecule has 7 heteroatoms. The summed E-state index contributed by atoms with van der Waals surface area (Å²) in [6.45, 7) is 2.88. The summed E-state index contributed by atoms with van der Waals surface area (Å²) in [5, 5.41) is 0. The predicted molar refractivity (Wildman–Crippen MR) is 106 cm³/mol. The number of piperidine rings is 1. The Balaban J connectivity index is 1.45. The lowest BCUT2D eigenvalue weighted by Crippen LogP contribution is -2.33. The highest BCUT2D eigenvalue weighted by Gasteiger charge is 2.26. The van der Waals surface area contributed by atoms with Crippen LogP contribution in [0.2, 0.25) is 0 Å². The van der Waals surface area contributed by atoms with E-state index in [0.29, 0.717) is 23.3 Å². The molecule has 3 heterocycles. The van der Waals surface area contributed by atoms with E-state index in [1.807, 2.05) is 43.7 Å². The minimum absolute atomic E-state index is 0.330. The van der Waals surface area contributed by atoms with E-state index in [2.05, 4.69) is 24.4 Å². The van der Waals surface area contributed by atoms with Crippen molar-refractivity contribution in [3.8, 4) is 17.4 Å². The van der Waals surface area contributed by atoms with Gasteiger partial charge in [0.05, 0.1) is 13.7 Å². The second-order valence-corrected chi connectivity index (χ2v) is 7.00. The molecule has 0 atom stereocenters. The van der Waals surface area contributed by atoms with Gasteiger partial charge in [-0.25, -0.2) is 9.97 Å². The highest BCUT2D eigenvalue weighted by Crippen LogP contribution is 2.36. The maximum atomic E-state index is 6.09. The number of aromatic nitrogens is 4. The fourth-order valence-electron chi connectivity index (χ4n) is 3.62. The fourth-order valence-corrected chi connectivity index (χ4v) is 3.62. The van der Waals surface area contributed by atoms with Gasteiger partial charge in [0.15, 0.2) is 11.5 Å². The quantitative estimate of drug-likeness (QED) is 0.654. The molecule has 0 bridgehead atoms. The molecule has 146 valence electrons. The summed E-state index contributed by atoms with van der Waals surface area (Å²) in [6, 6.07) is 7.60. The van der Waals surface area contributed by atoms with Crippen LogP contribution in [0.3, 0.4) is 0 Å². The van der Waals surface area contributed by atoms with Crippen molar-refractivity contribution in [3.63, 3.8) is 0 Å². The molecule has 1 fully saturated rings. The first-order valence-electron chi connectivity index (χ1n) is 9.55. The molecule has 0 radical (unpaired) electrons. The molecule has 1 aliphatic rings. The lowest BCUT2D eigenvalue weighted by molar-refractivity contribution is 0.195. The Bertz CT molecular complexity index is 918. The average Bonchev–Trinajstić information content (AvgIpc) is 3.14. The van der Waals surface area contributed by atoms with Gasteiger partial charge in [0, 0.05) is 37.8 Å². The van der Waals surface area contributed by atoms with E-state index in [4.69, 9.17) is 9.47 Å². The Morgan fingerprint density at radius 2 is 1.75 bits per heavy atom. The van der Waals surface area contributed by atoms with E-state index in [1.54, 1.807) is 19.5 Å². The molecular formula is C21H25N5O2. The predicted octanol–water partition coefficient (Wildman–Crippen LogP) is 3.39. The van der Waals surface area contributed by atoms with Crippen LogP contribution in [0.5, 0.6) is 17.4 Å². The van der Waals surface area contributed by atoms with Gasteiger partial charge in [0.25, 0.3) is 0 Å². The third kappa shape index (κ3) is 3.99. The molecule has 0 amide bonds. The van der Waals surface area contributed by atoms with Gasteiger partial charge < -0.3 is 14.0 Å². The van der Waals surface area contributed by atoms with Crippen LogP contribution in [0, 0.1) is 0 Å². The summed E-state index contributed by atoms with van der Waals surface area (Å²) in [7, 11) is 3.67. The number of benzene rings is 1. The lowest BCUT2D eigenvalue weighted by atomic mass is 9.93. The summed E-state index contributed by atoms with van der Waals surface area (Å²) in [6.07, 6.45) is 9.29. The summed E-state index contributed by atoms with van der Waals surface area (Å²) in [5.74, 6) is 3.33. The molecule has 0 saturated carbocycles. The summed E-state index contributed by atoms with van der Waals surface area (Å²) >= 11 is 0. The number of imidazole rings is 1. The Hall–Kier alpha value is -2.93. The van der Waals surface area contributed by atoms with E-state index in [9.17, 15) is 0 Å². The smallest absolute Gasteiger partial charge is 0.241 e. The van der Waals surface area contributed by atoms with Crippen molar-refractivity contribution in [1.29, 1.82) is 0 Å². The molecule has 1 aromatic carbocycles. The Morgan fingerprint density at radius 3 is 2.46 bits per heavy atom. The van der Waals surface area contributed by atoms with Crippen LogP contribution >= 0.6 is 0 Å². The largest absolute Gasteiger partial charge is 0.493 e. The van der Waals surface area contributed by atoms with Gasteiger partial charge in [-0.1, -0.05) is 12.1 Å². The number of ether oxygens (including phenoxy) is 2. The van der Waals surface area contributed by atoms with Crippen LogP contribution < -0.4 is 9.47 Å². The molecule has 0 N–H and O–H groups in total. The molecule has 4 rings (SSSR count). The fraction of sp³-hybridized carbons (Fsp3) is 0.381. The van der Waals surface area contributed by atoms with Crippen LogP contribution in [0.25, 0.3) is 0 Å². The Labute approximate surface area is 165 Å². The number of hydrogen-bond donors (Lipinski definition) is 0. The second-order valence-electron chi connectivity index (χ2n) is 7.00. The number of rotatable bonds is 6. The SMILES string of the molecule is COc1ccccc1Oc1nccnc1C1CCN(Cc2nccn2C)CC1. The summed E-state index contributed by atoms with van der Waals surface area (Å²) in [4.78, 5) is 15.9. The van der Waals surface area contributed by atoms with Crippen molar-refractivity contribution < 1.29 is 9.47 Å². The molecule has 1 saturated heterocycles. The molecule has 3 aromatic rings. The van der Waals surface area contributed by atoms with Crippen molar-refractivity contribution >= 4 is 0 Å². The maximum absolute atomic E-state index is 6.09. The zero-order valence-corrected chi connectivity index (χ0v) is 16.3. The van der Waals surface area contributed by atoms with E-state index in [1.165, 1.54) is 0 Å². The van der Waals surface area contributed by atoms with Gasteiger partial charge in [-0.2, -0.15) is 0 Å². The van der Waals surface area contributed by atoms with Gasteiger partial charge in [0.1, 0.15) is 11.5 Å². The highest BCUT2D eigenvalue weighted by atomic mass is 16.5. The minimum atomic E-state index is 0.330. The third-order valence-electron chi connectivity index (χ3n) is 5.23. The average molecular weight is 379 g/mol. The number of nitrogens with zero attached hydrogens (tertiary/aromatic N) is 5. The van der Waals surface area contributed by atoms with Crippen molar-refractivity contribution in [1.82, 2.24) is 24.4 Å². The molecule has 7 nitrogen and oxygen atoms in total. The van der Waals surface area contributed by atoms with Crippen LogP contribution in [0.15, 0.2) is 49.1 Å². The van der Waals surface area contributed by atoms with Gasteiger partial charge in [-0.3, -0.25) is 9.88 Å². The van der Waals surface area contributed by atoms with Crippen molar-refractivity contribution in [3.05, 3.63) is 60.6 Å². The monoisotopic (exact) mass is 379 g/mol. The second kappa shape index (κ2) is 8.39. The van der Waals surface area contributed by atoms with E-state index < -0.39 is 0 Å². The van der Waals surface area contributed by atoms with Crippen molar-refractivity contribution in [2.45, 2.75) is 25.3 Å². The Morgan fingerprint density at radius 1 is 1.00 bits per heavy atom. The van der Waals surface area contributed by atoms with Gasteiger partial charge in [0.2, 0.25) is 5.88 Å². The van der Waals surface area contributed by atoms with Gasteiger partial charge in [-0.15, -0.1) is 0 Å². The molecule has 28 heavy (non-hydrogen) atoms. The van der Waals surface area contributed by atoms with Gasteiger partial charge in [-0.05, 0) is 38.1 Å². The summed E-state index contributed by atoms with van der Waals surface area (Å²) < 4.78 is 13.6. The standard InChI is InChI=1S/C21H25N5O2/c1-25-14-11-22-19(25)15-26-12-7-16(8-13-26)20-21(24-10-9-23-20)28-18-6-4-3-5-17(18)27-2/h3-6,9-11,14,16H,7-8,12-13,15H2,1-2H3. The number of likely N-dealkylation sites (tertiary alicyclic amines) is 1. The Kier molecular flexibility index (Phi) is 5.53. The molecular weight excluding hydrogens is 354 g/mol. The normalized spacial score (nSPS) is 15.5. The van der Waals surface area contributed by atoms with Crippen LogP contribution in [0.4, 0.5) is 0 Å². The van der Waals surface area contributed by atoms with E-state index in [0.717, 1.165) is 44.0 Å². The lowest BCUT2D eigenvalue weighted by Gasteiger charge is -2.31. The number of aryl methyl sites for hydroxylation is 1. The van der Waals surface area contributed by atoms with Crippen LogP contribution in [-0.2, 0) is 13.6 Å². The first kappa shape index (κ1) is 18.4. The maximum Gasteiger partial charge on any atom is 0.241 e. The first-order valence-corrected chi connectivity index (χ1v) is 9.55. The number of hydrogen-bond acceptors (Lipinski definition) is 6. The molecule has 1 aliphatic heterocycles. The number of methoxy groups -OCH3 is 1. The third-order valence-corrected chi connectivity index (χ3v) is 5.23. The summed E-state index contributed by atoms with van der Waals surface area (Å²) in [5.41, 5.74) is 0.921. The molecule has 0 spiro atoms. The minimum Gasteiger partial charge on any atom is -0.493 e. The topological polar surface area (TPSA) is 65.3 Å². The van der Waals surface area contributed by atoms with Crippen LogP contribution in [-0.4, -0.2) is 44.6 Å². The van der Waals surface area contributed by atoms with Crippen molar-refractivity contribution in [2.24, 2.45) is 7.05 Å². The van der Waals surface area contributed by atoms with E-state index >= 15 is 0 Å². The molecule has 0 unspecified atom stereocenters. The van der Waals surface area contributed by atoms with Crippen LogP contribution in [0.1, 0.15) is 30.3 Å². The molecule has 2 aromatic heterocycles.